The molecular formula is C15H16BrN3O. The van der Waals surface area contributed by atoms with E-state index in [9.17, 15) is 4.79 Å². The average molecular weight is 334 g/mol. The molecule has 0 aliphatic rings. The van der Waals surface area contributed by atoms with Gasteiger partial charge in [-0.25, -0.2) is 0 Å². The molecule has 4 nitrogen and oxygen atoms in total. The van der Waals surface area contributed by atoms with E-state index in [2.05, 4.69) is 21.2 Å². The number of halogens is 1. The third-order valence-electron chi connectivity index (χ3n) is 2.82. The highest BCUT2D eigenvalue weighted by Crippen LogP contribution is 2.20. The minimum atomic E-state index is -0.185. The topological polar surface area (TPSA) is 58.4 Å². The highest BCUT2D eigenvalue weighted by molar-refractivity contribution is 9.10. The van der Waals surface area contributed by atoms with Crippen LogP contribution in [0.4, 0.5) is 17.1 Å². The molecule has 2 rings (SSSR count). The fourth-order valence-electron chi connectivity index (χ4n) is 1.79. The number of benzene rings is 2. The molecule has 0 atom stereocenters. The number of anilines is 3. The number of carbonyl (C=O) groups is 1. The van der Waals surface area contributed by atoms with Crippen molar-refractivity contribution in [3.63, 3.8) is 0 Å². The van der Waals surface area contributed by atoms with Crippen molar-refractivity contribution in [2.24, 2.45) is 0 Å². The van der Waals surface area contributed by atoms with E-state index < -0.39 is 0 Å². The summed E-state index contributed by atoms with van der Waals surface area (Å²) in [6, 6.07) is 12.8. The highest BCUT2D eigenvalue weighted by Gasteiger charge is 2.08. The van der Waals surface area contributed by atoms with Gasteiger partial charge in [0.25, 0.3) is 5.91 Å². The van der Waals surface area contributed by atoms with Crippen molar-refractivity contribution in [3.8, 4) is 0 Å². The second-order valence-corrected chi connectivity index (χ2v) is 5.58. The van der Waals surface area contributed by atoms with Crippen molar-refractivity contribution in [1.82, 2.24) is 0 Å². The summed E-state index contributed by atoms with van der Waals surface area (Å²) in [5.41, 5.74) is 8.63. The minimum Gasteiger partial charge on any atom is -0.399 e. The maximum atomic E-state index is 12.1. The Bertz CT molecular complexity index is 603. The first kappa shape index (κ1) is 14.4. The standard InChI is InChI=1S/C15H16BrN3O/c1-19(2)14-5-3-13(4-6-14)18-15(20)10-7-11(16)9-12(17)8-10/h3-9H,17H2,1-2H3,(H,18,20). The van der Waals surface area contributed by atoms with Crippen LogP contribution in [0, 0.1) is 0 Å². The third-order valence-corrected chi connectivity index (χ3v) is 3.28. The maximum Gasteiger partial charge on any atom is 0.255 e. The number of nitrogens with one attached hydrogen (secondary N) is 1. The Kier molecular flexibility index (Phi) is 4.29. The molecule has 0 saturated heterocycles. The predicted molar refractivity (Wildman–Crippen MR) is 87.3 cm³/mol. The molecule has 2 aromatic carbocycles. The van der Waals surface area contributed by atoms with E-state index in [0.29, 0.717) is 11.3 Å². The lowest BCUT2D eigenvalue weighted by Crippen LogP contribution is -2.13. The molecule has 20 heavy (non-hydrogen) atoms. The zero-order chi connectivity index (χ0) is 14.7. The number of rotatable bonds is 3. The smallest absolute Gasteiger partial charge is 0.255 e. The van der Waals surface area contributed by atoms with E-state index in [0.717, 1.165) is 15.8 Å². The van der Waals surface area contributed by atoms with Gasteiger partial charge in [-0.1, -0.05) is 15.9 Å². The fraction of sp³-hybridized carbons (Fsp3) is 0.133. The van der Waals surface area contributed by atoms with Crippen molar-refractivity contribution in [2.75, 3.05) is 30.0 Å². The monoisotopic (exact) mass is 333 g/mol. The van der Waals surface area contributed by atoms with Gasteiger partial charge in [-0.3, -0.25) is 4.79 Å². The van der Waals surface area contributed by atoms with Crippen LogP contribution in [-0.2, 0) is 0 Å². The number of nitrogen functional groups attached to an aromatic ring is 1. The van der Waals surface area contributed by atoms with E-state index in [1.807, 2.05) is 43.3 Å². The summed E-state index contributed by atoms with van der Waals surface area (Å²) in [5, 5.41) is 2.84. The lowest BCUT2D eigenvalue weighted by molar-refractivity contribution is 0.102. The van der Waals surface area contributed by atoms with Crippen LogP contribution < -0.4 is 16.0 Å². The van der Waals surface area contributed by atoms with E-state index in [1.54, 1.807) is 18.2 Å². The lowest BCUT2D eigenvalue weighted by atomic mass is 10.2. The molecule has 0 radical (unpaired) electrons. The molecule has 5 heteroatoms. The molecule has 0 heterocycles. The Balaban J connectivity index is 2.14. The number of amides is 1. The quantitative estimate of drug-likeness (QED) is 0.847. The molecule has 0 unspecified atom stereocenters. The van der Waals surface area contributed by atoms with E-state index in [-0.39, 0.29) is 5.91 Å². The lowest BCUT2D eigenvalue weighted by Gasteiger charge is -2.13. The van der Waals surface area contributed by atoms with Gasteiger partial charge in [-0.05, 0) is 42.5 Å². The number of hydrogen-bond donors (Lipinski definition) is 2. The summed E-state index contributed by atoms with van der Waals surface area (Å²) in [7, 11) is 3.94. The normalized spacial score (nSPS) is 10.2. The van der Waals surface area contributed by atoms with Crippen LogP contribution >= 0.6 is 15.9 Å². The molecule has 0 saturated carbocycles. The van der Waals surface area contributed by atoms with Crippen LogP contribution in [0.2, 0.25) is 0 Å². The zero-order valence-electron chi connectivity index (χ0n) is 11.4. The molecule has 0 aliphatic carbocycles. The minimum absolute atomic E-state index is 0.185. The fourth-order valence-corrected chi connectivity index (χ4v) is 2.30. The van der Waals surface area contributed by atoms with Gasteiger partial charge in [0.15, 0.2) is 0 Å². The average Bonchev–Trinajstić information content (AvgIpc) is 2.38. The molecule has 1 amide bonds. The summed E-state index contributed by atoms with van der Waals surface area (Å²) >= 11 is 3.33. The van der Waals surface area contributed by atoms with Gasteiger partial charge >= 0.3 is 0 Å². The summed E-state index contributed by atoms with van der Waals surface area (Å²) in [5.74, 6) is -0.185. The Morgan fingerprint density at radius 2 is 1.80 bits per heavy atom. The van der Waals surface area contributed by atoms with Crippen LogP contribution in [0.3, 0.4) is 0 Å². The molecule has 0 bridgehead atoms. The molecule has 3 N–H and O–H groups in total. The van der Waals surface area contributed by atoms with E-state index >= 15 is 0 Å². The van der Waals surface area contributed by atoms with Gasteiger partial charge < -0.3 is 16.0 Å². The van der Waals surface area contributed by atoms with Gasteiger partial charge in [-0.2, -0.15) is 0 Å². The second-order valence-electron chi connectivity index (χ2n) is 4.67. The van der Waals surface area contributed by atoms with Crippen LogP contribution in [0.15, 0.2) is 46.9 Å². The molecule has 0 aromatic heterocycles. The second kappa shape index (κ2) is 5.96. The summed E-state index contributed by atoms with van der Waals surface area (Å²) in [6.07, 6.45) is 0. The van der Waals surface area contributed by atoms with Crippen molar-refractivity contribution >= 4 is 38.9 Å². The molecular weight excluding hydrogens is 318 g/mol. The van der Waals surface area contributed by atoms with Crippen LogP contribution in [0.1, 0.15) is 10.4 Å². The Hall–Kier alpha value is -2.01. The summed E-state index contributed by atoms with van der Waals surface area (Å²) in [6.45, 7) is 0. The molecule has 0 aliphatic heterocycles. The van der Waals surface area contributed by atoms with Gasteiger partial charge in [-0.15, -0.1) is 0 Å². The summed E-state index contributed by atoms with van der Waals surface area (Å²) in [4.78, 5) is 14.1. The van der Waals surface area contributed by atoms with E-state index in [4.69, 9.17) is 5.73 Å². The molecule has 2 aromatic rings. The number of carbonyl (C=O) groups excluding carboxylic acids is 1. The van der Waals surface area contributed by atoms with Gasteiger partial charge in [0.1, 0.15) is 0 Å². The summed E-state index contributed by atoms with van der Waals surface area (Å²) < 4.78 is 0.783. The number of nitrogens with zero attached hydrogens (tertiary/aromatic N) is 1. The molecule has 0 spiro atoms. The van der Waals surface area contributed by atoms with Crippen LogP contribution in [-0.4, -0.2) is 20.0 Å². The maximum absolute atomic E-state index is 12.1. The van der Waals surface area contributed by atoms with Crippen molar-refractivity contribution in [1.29, 1.82) is 0 Å². The van der Waals surface area contributed by atoms with Gasteiger partial charge in [0, 0.05) is 41.2 Å². The predicted octanol–water partition coefficient (Wildman–Crippen LogP) is 3.35. The highest BCUT2D eigenvalue weighted by atomic mass is 79.9. The van der Waals surface area contributed by atoms with Gasteiger partial charge in [0.05, 0.1) is 0 Å². The Labute approximate surface area is 126 Å². The van der Waals surface area contributed by atoms with Crippen LogP contribution in [0.25, 0.3) is 0 Å². The zero-order valence-corrected chi connectivity index (χ0v) is 12.9. The van der Waals surface area contributed by atoms with E-state index in [1.165, 1.54) is 0 Å². The van der Waals surface area contributed by atoms with Crippen molar-refractivity contribution in [2.45, 2.75) is 0 Å². The number of hydrogen-bond acceptors (Lipinski definition) is 3. The van der Waals surface area contributed by atoms with Crippen molar-refractivity contribution < 1.29 is 4.79 Å². The largest absolute Gasteiger partial charge is 0.399 e. The Morgan fingerprint density at radius 3 is 2.35 bits per heavy atom. The number of nitrogens with two attached hydrogens (primary N) is 1. The first-order chi connectivity index (χ1) is 9.45. The SMILES string of the molecule is CN(C)c1ccc(NC(=O)c2cc(N)cc(Br)c2)cc1. The Morgan fingerprint density at radius 1 is 1.15 bits per heavy atom. The molecule has 0 fully saturated rings. The first-order valence-corrected chi connectivity index (χ1v) is 6.90. The first-order valence-electron chi connectivity index (χ1n) is 6.10. The van der Waals surface area contributed by atoms with Crippen LogP contribution in [0.5, 0.6) is 0 Å². The van der Waals surface area contributed by atoms with Crippen molar-refractivity contribution in [3.05, 3.63) is 52.5 Å². The van der Waals surface area contributed by atoms with Gasteiger partial charge in [0.2, 0.25) is 0 Å². The molecule has 104 valence electrons. The third kappa shape index (κ3) is 3.51.